The number of amides is 2. The number of ether oxygens (including phenoxy) is 1. The SMILES string of the molecule is CCC(C)(C)NC(=O)COc1ccc(NC(=O)c2ccco2)cc1. The summed E-state index contributed by atoms with van der Waals surface area (Å²) in [5.74, 6) is 0.299. The first-order chi connectivity index (χ1) is 11.4. The van der Waals surface area contributed by atoms with Crippen molar-refractivity contribution in [2.75, 3.05) is 11.9 Å². The molecule has 6 heteroatoms. The third kappa shape index (κ3) is 5.15. The van der Waals surface area contributed by atoms with E-state index in [1.807, 2.05) is 20.8 Å². The molecule has 0 spiro atoms. The quantitative estimate of drug-likeness (QED) is 0.817. The van der Waals surface area contributed by atoms with E-state index in [4.69, 9.17) is 9.15 Å². The van der Waals surface area contributed by atoms with Crippen LogP contribution < -0.4 is 15.4 Å². The Bertz CT molecular complexity index is 676. The molecule has 6 nitrogen and oxygen atoms in total. The van der Waals surface area contributed by atoms with E-state index in [0.717, 1.165) is 6.42 Å². The Labute approximate surface area is 141 Å². The Hall–Kier alpha value is -2.76. The van der Waals surface area contributed by atoms with Gasteiger partial charge in [-0.2, -0.15) is 0 Å². The minimum atomic E-state index is -0.324. The average molecular weight is 330 g/mol. The molecule has 0 fully saturated rings. The lowest BCUT2D eigenvalue weighted by molar-refractivity contribution is -0.124. The van der Waals surface area contributed by atoms with Crippen molar-refractivity contribution in [3.63, 3.8) is 0 Å². The van der Waals surface area contributed by atoms with Gasteiger partial charge in [0.15, 0.2) is 12.4 Å². The summed E-state index contributed by atoms with van der Waals surface area (Å²) in [7, 11) is 0. The molecule has 2 amide bonds. The Morgan fingerprint density at radius 2 is 1.88 bits per heavy atom. The number of carbonyl (C=O) groups excluding carboxylic acids is 2. The molecule has 1 heterocycles. The molecular weight excluding hydrogens is 308 g/mol. The van der Waals surface area contributed by atoms with Crippen LogP contribution in [0, 0.1) is 0 Å². The maximum Gasteiger partial charge on any atom is 0.291 e. The van der Waals surface area contributed by atoms with Crippen LogP contribution in [0.4, 0.5) is 5.69 Å². The minimum Gasteiger partial charge on any atom is -0.484 e. The summed E-state index contributed by atoms with van der Waals surface area (Å²) in [5.41, 5.74) is 0.362. The van der Waals surface area contributed by atoms with Gasteiger partial charge in [-0.3, -0.25) is 9.59 Å². The average Bonchev–Trinajstić information content (AvgIpc) is 3.08. The molecule has 0 aliphatic carbocycles. The first-order valence-electron chi connectivity index (χ1n) is 7.78. The number of hydrogen-bond acceptors (Lipinski definition) is 4. The largest absolute Gasteiger partial charge is 0.484 e. The van der Waals surface area contributed by atoms with Crippen molar-refractivity contribution in [1.29, 1.82) is 0 Å². The Morgan fingerprint density at radius 3 is 2.46 bits per heavy atom. The second kappa shape index (κ2) is 7.68. The Morgan fingerprint density at radius 1 is 1.17 bits per heavy atom. The number of hydrogen-bond donors (Lipinski definition) is 2. The van der Waals surface area contributed by atoms with E-state index in [1.165, 1.54) is 6.26 Å². The van der Waals surface area contributed by atoms with Crippen LogP contribution in [-0.2, 0) is 4.79 Å². The highest BCUT2D eigenvalue weighted by Gasteiger charge is 2.17. The standard InChI is InChI=1S/C18H22N2O4/c1-4-18(2,3)20-16(21)12-24-14-9-7-13(8-10-14)19-17(22)15-6-5-11-23-15/h5-11H,4,12H2,1-3H3,(H,19,22)(H,20,21). The van der Waals surface area contributed by atoms with Gasteiger partial charge in [0.05, 0.1) is 6.26 Å². The maximum atomic E-state index is 11.8. The molecule has 1 aromatic carbocycles. The van der Waals surface area contributed by atoms with E-state index < -0.39 is 0 Å². The van der Waals surface area contributed by atoms with Gasteiger partial charge in [0, 0.05) is 11.2 Å². The lowest BCUT2D eigenvalue weighted by Crippen LogP contribution is -2.44. The topological polar surface area (TPSA) is 80.6 Å². The molecule has 24 heavy (non-hydrogen) atoms. The molecule has 0 bridgehead atoms. The lowest BCUT2D eigenvalue weighted by atomic mass is 10.0. The van der Waals surface area contributed by atoms with Crippen molar-refractivity contribution < 1.29 is 18.7 Å². The van der Waals surface area contributed by atoms with E-state index in [-0.39, 0.29) is 29.7 Å². The maximum absolute atomic E-state index is 11.8. The van der Waals surface area contributed by atoms with Crippen molar-refractivity contribution in [3.8, 4) is 5.75 Å². The van der Waals surface area contributed by atoms with E-state index in [2.05, 4.69) is 10.6 Å². The Kier molecular flexibility index (Phi) is 5.63. The van der Waals surface area contributed by atoms with Gasteiger partial charge < -0.3 is 19.8 Å². The lowest BCUT2D eigenvalue weighted by Gasteiger charge is -2.24. The molecule has 2 rings (SSSR count). The van der Waals surface area contributed by atoms with E-state index in [0.29, 0.717) is 11.4 Å². The van der Waals surface area contributed by atoms with Gasteiger partial charge >= 0.3 is 0 Å². The van der Waals surface area contributed by atoms with Gasteiger partial charge in [-0.05, 0) is 56.7 Å². The van der Waals surface area contributed by atoms with E-state index in [1.54, 1.807) is 36.4 Å². The summed E-state index contributed by atoms with van der Waals surface area (Å²) in [6.45, 7) is 5.88. The first-order valence-corrected chi connectivity index (χ1v) is 7.78. The zero-order chi connectivity index (χ0) is 17.6. The van der Waals surface area contributed by atoms with Crippen LogP contribution in [0.5, 0.6) is 5.75 Å². The van der Waals surface area contributed by atoms with Crippen LogP contribution >= 0.6 is 0 Å². The van der Waals surface area contributed by atoms with Gasteiger partial charge in [-0.15, -0.1) is 0 Å². The predicted molar refractivity (Wildman–Crippen MR) is 91.1 cm³/mol. The van der Waals surface area contributed by atoms with Crippen molar-refractivity contribution in [2.45, 2.75) is 32.7 Å². The summed E-state index contributed by atoms with van der Waals surface area (Å²) < 4.78 is 10.5. The molecule has 0 unspecified atom stereocenters. The summed E-state index contributed by atoms with van der Waals surface area (Å²) in [6, 6.07) is 10.0. The van der Waals surface area contributed by atoms with Gasteiger partial charge in [0.25, 0.3) is 11.8 Å². The summed E-state index contributed by atoms with van der Waals surface area (Å²) >= 11 is 0. The molecule has 2 aromatic rings. The number of furan rings is 1. The molecule has 0 saturated heterocycles. The van der Waals surface area contributed by atoms with Crippen LogP contribution in [0.1, 0.15) is 37.7 Å². The molecule has 2 N–H and O–H groups in total. The smallest absolute Gasteiger partial charge is 0.291 e. The number of rotatable bonds is 7. The summed E-state index contributed by atoms with van der Waals surface area (Å²) in [6.07, 6.45) is 2.28. The molecule has 0 saturated carbocycles. The second-order valence-electron chi connectivity index (χ2n) is 6.03. The molecule has 0 aliphatic rings. The third-order valence-corrected chi connectivity index (χ3v) is 3.59. The van der Waals surface area contributed by atoms with Crippen molar-refractivity contribution >= 4 is 17.5 Å². The fraction of sp³-hybridized carbons (Fsp3) is 0.333. The number of carbonyl (C=O) groups is 2. The fourth-order valence-electron chi connectivity index (χ4n) is 1.89. The van der Waals surface area contributed by atoms with E-state index >= 15 is 0 Å². The van der Waals surface area contributed by atoms with Crippen LogP contribution in [0.3, 0.4) is 0 Å². The highest BCUT2D eigenvalue weighted by Crippen LogP contribution is 2.17. The van der Waals surface area contributed by atoms with Gasteiger partial charge in [0.2, 0.25) is 0 Å². The predicted octanol–water partition coefficient (Wildman–Crippen LogP) is 3.22. The number of anilines is 1. The zero-order valence-electron chi connectivity index (χ0n) is 14.1. The second-order valence-corrected chi connectivity index (χ2v) is 6.03. The molecular formula is C18H22N2O4. The fourth-order valence-corrected chi connectivity index (χ4v) is 1.89. The summed E-state index contributed by atoms with van der Waals surface area (Å²) in [5, 5.41) is 5.61. The Balaban J connectivity index is 1.84. The van der Waals surface area contributed by atoms with Crippen molar-refractivity contribution in [3.05, 3.63) is 48.4 Å². The monoisotopic (exact) mass is 330 g/mol. The molecule has 1 aromatic heterocycles. The number of nitrogens with one attached hydrogen (secondary N) is 2. The third-order valence-electron chi connectivity index (χ3n) is 3.59. The first kappa shape index (κ1) is 17.6. The minimum absolute atomic E-state index is 0.0540. The van der Waals surface area contributed by atoms with Crippen LogP contribution in [0.15, 0.2) is 47.1 Å². The van der Waals surface area contributed by atoms with Gasteiger partial charge in [-0.1, -0.05) is 6.92 Å². The highest BCUT2D eigenvalue weighted by molar-refractivity contribution is 6.02. The van der Waals surface area contributed by atoms with Crippen LogP contribution in [0.25, 0.3) is 0 Å². The van der Waals surface area contributed by atoms with Crippen LogP contribution in [0.2, 0.25) is 0 Å². The molecule has 0 aliphatic heterocycles. The molecule has 128 valence electrons. The van der Waals surface area contributed by atoms with Crippen molar-refractivity contribution in [2.24, 2.45) is 0 Å². The zero-order valence-corrected chi connectivity index (χ0v) is 14.1. The summed E-state index contributed by atoms with van der Waals surface area (Å²) in [4.78, 5) is 23.7. The normalized spacial score (nSPS) is 11.0. The van der Waals surface area contributed by atoms with E-state index in [9.17, 15) is 9.59 Å². The highest BCUT2D eigenvalue weighted by atomic mass is 16.5. The van der Waals surface area contributed by atoms with Crippen molar-refractivity contribution in [1.82, 2.24) is 5.32 Å². The molecule has 0 atom stereocenters. The van der Waals surface area contributed by atoms with Gasteiger partial charge in [-0.25, -0.2) is 0 Å². The molecule has 0 radical (unpaired) electrons. The number of benzene rings is 1. The van der Waals surface area contributed by atoms with Gasteiger partial charge in [0.1, 0.15) is 5.75 Å². The van der Waals surface area contributed by atoms with Crippen LogP contribution in [-0.4, -0.2) is 24.0 Å².